The fourth-order valence-electron chi connectivity index (χ4n) is 3.23. The van der Waals surface area contributed by atoms with Crippen molar-refractivity contribution in [2.75, 3.05) is 5.75 Å². The quantitative estimate of drug-likeness (QED) is 0.526. The fourth-order valence-corrected chi connectivity index (χ4v) is 5.09. The third-order valence-electron chi connectivity index (χ3n) is 5.08. The van der Waals surface area contributed by atoms with Crippen LogP contribution in [0, 0.1) is 17.2 Å². The normalized spacial score (nSPS) is 14.9. The van der Waals surface area contributed by atoms with Gasteiger partial charge in [-0.05, 0) is 32.6 Å². The van der Waals surface area contributed by atoms with Crippen molar-refractivity contribution in [1.29, 1.82) is 5.26 Å². The molecule has 1 aliphatic carbocycles. The van der Waals surface area contributed by atoms with E-state index in [1.807, 2.05) is 6.07 Å². The second-order valence-electron chi connectivity index (χ2n) is 8.40. The van der Waals surface area contributed by atoms with Gasteiger partial charge in [-0.3, -0.25) is 0 Å². The number of fused-ring (bicyclic) bond motifs is 1. The van der Waals surface area contributed by atoms with Gasteiger partial charge in [0.05, 0.1) is 11.9 Å². The minimum absolute atomic E-state index is 0.0130. The number of ether oxygens (including phenoxy) is 1. The maximum Gasteiger partial charge on any atom is 0.435 e. The zero-order chi connectivity index (χ0) is 24.2. The summed E-state index contributed by atoms with van der Waals surface area (Å²) in [6, 6.07) is 3.97. The van der Waals surface area contributed by atoms with E-state index in [1.54, 1.807) is 0 Å². The van der Waals surface area contributed by atoms with Gasteiger partial charge in [-0.25, -0.2) is 18.4 Å². The zero-order valence-electron chi connectivity index (χ0n) is 17.9. The van der Waals surface area contributed by atoms with Crippen molar-refractivity contribution >= 4 is 21.0 Å². The Hall–Kier alpha value is -3.27. The molecular formula is C20H19F3N6O3S. The number of alkyl halides is 3. The van der Waals surface area contributed by atoms with Crippen molar-refractivity contribution in [2.45, 2.75) is 43.4 Å². The summed E-state index contributed by atoms with van der Waals surface area (Å²) in [5, 5.41) is 16.0. The van der Waals surface area contributed by atoms with E-state index in [-0.39, 0.29) is 45.0 Å². The molecule has 0 bridgehead atoms. The van der Waals surface area contributed by atoms with Crippen LogP contribution in [0.5, 0.6) is 5.75 Å². The minimum Gasteiger partial charge on any atom is -0.471 e. The van der Waals surface area contributed by atoms with Gasteiger partial charge in [-0.2, -0.15) is 18.4 Å². The lowest BCUT2D eigenvalue weighted by molar-refractivity contribution is -0.141. The van der Waals surface area contributed by atoms with Crippen LogP contribution in [0.3, 0.4) is 0 Å². The van der Waals surface area contributed by atoms with Crippen molar-refractivity contribution in [1.82, 2.24) is 24.7 Å². The predicted molar refractivity (Wildman–Crippen MR) is 110 cm³/mol. The Morgan fingerprint density at radius 1 is 1.24 bits per heavy atom. The van der Waals surface area contributed by atoms with Crippen LogP contribution >= 0.6 is 0 Å². The Kier molecular flexibility index (Phi) is 5.31. The molecule has 3 aromatic heterocycles. The highest BCUT2D eigenvalue weighted by Gasteiger charge is 2.35. The van der Waals surface area contributed by atoms with Crippen LogP contribution in [-0.2, 0) is 23.1 Å². The molecule has 1 fully saturated rings. The van der Waals surface area contributed by atoms with Crippen molar-refractivity contribution in [3.8, 4) is 23.3 Å². The molecule has 0 atom stereocenters. The van der Waals surface area contributed by atoms with Gasteiger partial charge in [0, 0.05) is 19.2 Å². The van der Waals surface area contributed by atoms with E-state index in [0.29, 0.717) is 0 Å². The number of nitrogens with zero attached hydrogens (tertiary/aromatic N) is 6. The lowest BCUT2D eigenvalue weighted by Gasteiger charge is -2.19. The molecule has 9 nitrogen and oxygen atoms in total. The molecule has 0 saturated heterocycles. The number of pyridine rings is 1. The number of hydrogen-bond donors (Lipinski definition) is 0. The van der Waals surface area contributed by atoms with Crippen molar-refractivity contribution in [2.24, 2.45) is 13.0 Å². The number of sulfone groups is 1. The van der Waals surface area contributed by atoms with Gasteiger partial charge in [0.15, 0.2) is 32.6 Å². The Bertz CT molecular complexity index is 1390. The van der Waals surface area contributed by atoms with Crippen LogP contribution in [0.25, 0.3) is 22.7 Å². The van der Waals surface area contributed by atoms with Crippen LogP contribution in [0.15, 0.2) is 23.2 Å². The molecule has 0 spiro atoms. The van der Waals surface area contributed by atoms with Gasteiger partial charge in [-0.15, -0.1) is 10.2 Å². The molecule has 4 rings (SSSR count). The number of halogens is 3. The molecule has 3 heterocycles. The maximum atomic E-state index is 13.2. The highest BCUT2D eigenvalue weighted by Crippen LogP contribution is 2.37. The smallest absolute Gasteiger partial charge is 0.435 e. The number of hydrogen-bond acceptors (Lipinski definition) is 8. The molecule has 33 heavy (non-hydrogen) atoms. The highest BCUT2D eigenvalue weighted by molar-refractivity contribution is 7.91. The second kappa shape index (κ2) is 7.65. The SMILES string of the molecule is Cn1c(-c2ncc(OC(C)(C)C#N)cc2S(=O)(=O)CC2CC2)nc2cc(C(F)(F)F)nnc21. The third kappa shape index (κ3) is 4.61. The molecular weight excluding hydrogens is 461 g/mol. The summed E-state index contributed by atoms with van der Waals surface area (Å²) in [7, 11) is -2.36. The van der Waals surface area contributed by atoms with Crippen LogP contribution < -0.4 is 4.74 Å². The van der Waals surface area contributed by atoms with E-state index in [2.05, 4.69) is 20.2 Å². The van der Waals surface area contributed by atoms with Crippen LogP contribution in [0.2, 0.25) is 0 Å². The summed E-state index contributed by atoms with van der Waals surface area (Å²) in [4.78, 5) is 8.23. The lowest BCUT2D eigenvalue weighted by atomic mass is 10.2. The van der Waals surface area contributed by atoms with Gasteiger partial charge in [0.25, 0.3) is 0 Å². The summed E-state index contributed by atoms with van der Waals surface area (Å²) in [6.07, 6.45) is -1.87. The van der Waals surface area contributed by atoms with Crippen LogP contribution in [-0.4, -0.2) is 44.5 Å². The van der Waals surface area contributed by atoms with E-state index in [9.17, 15) is 26.9 Å². The van der Waals surface area contributed by atoms with Gasteiger partial charge in [-0.1, -0.05) is 0 Å². The number of aryl methyl sites for hydroxylation is 1. The van der Waals surface area contributed by atoms with E-state index in [4.69, 9.17) is 4.74 Å². The molecule has 0 aliphatic heterocycles. The molecule has 13 heteroatoms. The second-order valence-corrected chi connectivity index (χ2v) is 10.4. The molecule has 0 amide bonds. The third-order valence-corrected chi connectivity index (χ3v) is 6.97. The molecule has 0 N–H and O–H groups in total. The summed E-state index contributed by atoms with van der Waals surface area (Å²) in [5.74, 6) is 0.00896. The first kappa shape index (κ1) is 22.9. The van der Waals surface area contributed by atoms with E-state index in [1.165, 1.54) is 37.7 Å². The van der Waals surface area contributed by atoms with Crippen molar-refractivity contribution < 1.29 is 26.3 Å². The van der Waals surface area contributed by atoms with Crippen molar-refractivity contribution in [3.63, 3.8) is 0 Å². The largest absolute Gasteiger partial charge is 0.471 e. The molecule has 0 unspecified atom stereocenters. The van der Waals surface area contributed by atoms with E-state index >= 15 is 0 Å². The number of imidazole rings is 1. The number of nitriles is 1. The topological polar surface area (TPSA) is 124 Å². The van der Waals surface area contributed by atoms with Crippen LogP contribution in [0.1, 0.15) is 32.4 Å². The average Bonchev–Trinajstić information content (AvgIpc) is 3.47. The number of aromatic nitrogens is 5. The van der Waals surface area contributed by atoms with Gasteiger partial charge >= 0.3 is 6.18 Å². The van der Waals surface area contributed by atoms with Gasteiger partial charge < -0.3 is 9.30 Å². The Balaban J connectivity index is 1.88. The average molecular weight is 480 g/mol. The monoisotopic (exact) mass is 480 g/mol. The number of rotatable bonds is 6. The summed E-state index contributed by atoms with van der Waals surface area (Å²) in [5.41, 5.74) is -2.56. The summed E-state index contributed by atoms with van der Waals surface area (Å²) in [6.45, 7) is 3.03. The fraction of sp³-hybridized carbons (Fsp3) is 0.450. The minimum atomic E-state index is -4.71. The Morgan fingerprint density at radius 2 is 1.94 bits per heavy atom. The molecule has 3 aromatic rings. The van der Waals surface area contributed by atoms with E-state index in [0.717, 1.165) is 18.9 Å². The molecule has 174 valence electrons. The first-order chi connectivity index (χ1) is 15.3. The summed E-state index contributed by atoms with van der Waals surface area (Å²) < 4.78 is 72.4. The maximum absolute atomic E-state index is 13.2. The first-order valence-corrected chi connectivity index (χ1v) is 11.6. The Morgan fingerprint density at radius 3 is 2.55 bits per heavy atom. The van der Waals surface area contributed by atoms with Crippen molar-refractivity contribution in [3.05, 3.63) is 24.0 Å². The Labute approximate surface area is 187 Å². The molecule has 0 radical (unpaired) electrons. The first-order valence-electron chi connectivity index (χ1n) is 9.91. The molecule has 1 saturated carbocycles. The molecule has 1 aliphatic rings. The van der Waals surface area contributed by atoms with Gasteiger partial charge in [0.1, 0.15) is 27.9 Å². The zero-order valence-corrected chi connectivity index (χ0v) is 18.7. The standard InChI is InChI=1S/C20H19F3N6O3S/c1-19(2,10-24)32-12-6-14(33(30,31)9-11-4-5-11)16(25-8-12)18-26-13-7-15(20(21,22)23)27-28-17(13)29(18)3/h6-8,11H,4-5,9H2,1-3H3. The van der Waals surface area contributed by atoms with E-state index < -0.39 is 27.3 Å². The van der Waals surface area contributed by atoms with Gasteiger partial charge in [0.2, 0.25) is 0 Å². The molecule has 0 aromatic carbocycles. The predicted octanol–water partition coefficient (Wildman–Crippen LogP) is 3.31. The van der Waals surface area contributed by atoms with Crippen LogP contribution in [0.4, 0.5) is 13.2 Å². The lowest BCUT2D eigenvalue weighted by Crippen LogP contribution is -2.25. The summed E-state index contributed by atoms with van der Waals surface area (Å²) >= 11 is 0. The highest BCUT2D eigenvalue weighted by atomic mass is 32.2.